The molecule has 0 atom stereocenters. The van der Waals surface area contributed by atoms with E-state index >= 15 is 0 Å². The van der Waals surface area contributed by atoms with Crippen molar-refractivity contribution in [2.45, 2.75) is 6.92 Å². The van der Waals surface area contributed by atoms with Crippen molar-refractivity contribution in [2.75, 3.05) is 5.73 Å². The minimum Gasteiger partial charge on any atom is -0.457 e. The SMILES string of the molecule is Cc1c(Oc2ccc(N)c([N+](=O)[O-])c2)cccc1[N+](=O)[O-]. The van der Waals surface area contributed by atoms with E-state index in [0.717, 1.165) is 0 Å². The molecule has 0 aromatic heterocycles. The van der Waals surface area contributed by atoms with Crippen LogP contribution >= 0.6 is 0 Å². The number of hydrogen-bond acceptors (Lipinski definition) is 6. The molecule has 0 saturated carbocycles. The molecule has 21 heavy (non-hydrogen) atoms. The lowest BCUT2D eigenvalue weighted by atomic mass is 10.2. The topological polar surface area (TPSA) is 122 Å². The molecule has 0 radical (unpaired) electrons. The smallest absolute Gasteiger partial charge is 0.295 e. The summed E-state index contributed by atoms with van der Waals surface area (Å²) in [6.45, 7) is 1.54. The molecule has 0 bridgehead atoms. The molecular formula is C13H11N3O5. The number of nitrogen functional groups attached to an aromatic ring is 1. The summed E-state index contributed by atoms with van der Waals surface area (Å²) in [5, 5.41) is 21.7. The van der Waals surface area contributed by atoms with Crippen molar-refractivity contribution in [1.82, 2.24) is 0 Å². The van der Waals surface area contributed by atoms with E-state index < -0.39 is 9.85 Å². The van der Waals surface area contributed by atoms with Gasteiger partial charge in [-0.3, -0.25) is 20.2 Å². The maximum Gasteiger partial charge on any atom is 0.295 e. The van der Waals surface area contributed by atoms with Crippen LogP contribution in [0.3, 0.4) is 0 Å². The molecule has 2 N–H and O–H groups in total. The number of anilines is 1. The second kappa shape index (κ2) is 5.45. The van der Waals surface area contributed by atoms with Crippen molar-refractivity contribution in [3.05, 3.63) is 62.2 Å². The Morgan fingerprint density at radius 3 is 2.33 bits per heavy atom. The monoisotopic (exact) mass is 289 g/mol. The predicted octanol–water partition coefficient (Wildman–Crippen LogP) is 3.19. The molecule has 0 aliphatic rings. The van der Waals surface area contributed by atoms with Crippen molar-refractivity contribution in [3.8, 4) is 11.5 Å². The van der Waals surface area contributed by atoms with E-state index in [2.05, 4.69) is 0 Å². The largest absolute Gasteiger partial charge is 0.457 e. The van der Waals surface area contributed by atoms with Crippen LogP contribution in [-0.4, -0.2) is 9.85 Å². The van der Waals surface area contributed by atoms with E-state index in [4.69, 9.17) is 10.5 Å². The van der Waals surface area contributed by atoms with Gasteiger partial charge in [0.25, 0.3) is 11.4 Å². The average molecular weight is 289 g/mol. The van der Waals surface area contributed by atoms with Gasteiger partial charge in [-0.2, -0.15) is 0 Å². The van der Waals surface area contributed by atoms with Crippen LogP contribution in [0, 0.1) is 27.2 Å². The molecule has 108 valence electrons. The van der Waals surface area contributed by atoms with Gasteiger partial charge in [0.15, 0.2) is 0 Å². The summed E-state index contributed by atoms with van der Waals surface area (Å²) in [6, 6.07) is 8.36. The highest BCUT2D eigenvalue weighted by Crippen LogP contribution is 2.33. The van der Waals surface area contributed by atoms with Crippen LogP contribution in [0.15, 0.2) is 36.4 Å². The highest BCUT2D eigenvalue weighted by molar-refractivity contribution is 5.61. The van der Waals surface area contributed by atoms with Gasteiger partial charge in [0, 0.05) is 6.07 Å². The molecule has 0 fully saturated rings. The molecule has 2 rings (SSSR count). The summed E-state index contributed by atoms with van der Waals surface area (Å²) in [5.41, 5.74) is 5.48. The minimum absolute atomic E-state index is 0.0168. The number of nitro groups is 2. The predicted molar refractivity (Wildman–Crippen MR) is 75.4 cm³/mol. The number of rotatable bonds is 4. The Bertz CT molecular complexity index is 730. The van der Waals surface area contributed by atoms with E-state index in [0.29, 0.717) is 5.56 Å². The van der Waals surface area contributed by atoms with Gasteiger partial charge >= 0.3 is 0 Å². The molecular weight excluding hydrogens is 278 g/mol. The van der Waals surface area contributed by atoms with Crippen molar-refractivity contribution in [2.24, 2.45) is 0 Å². The Kier molecular flexibility index (Phi) is 3.70. The quantitative estimate of drug-likeness (QED) is 0.524. The molecule has 0 amide bonds. The second-order valence-electron chi connectivity index (χ2n) is 4.24. The number of nitro benzene ring substituents is 2. The zero-order valence-corrected chi connectivity index (χ0v) is 11.0. The molecule has 2 aromatic rings. The highest BCUT2D eigenvalue weighted by Gasteiger charge is 2.17. The summed E-state index contributed by atoms with van der Waals surface area (Å²) in [5.74, 6) is 0.433. The second-order valence-corrected chi connectivity index (χ2v) is 4.24. The summed E-state index contributed by atoms with van der Waals surface area (Å²) < 4.78 is 5.48. The fourth-order valence-corrected chi connectivity index (χ4v) is 1.78. The third-order valence-corrected chi connectivity index (χ3v) is 2.88. The summed E-state index contributed by atoms with van der Waals surface area (Å²) in [4.78, 5) is 20.5. The summed E-state index contributed by atoms with van der Waals surface area (Å²) in [6.07, 6.45) is 0. The zero-order chi connectivity index (χ0) is 15.6. The number of ether oxygens (including phenoxy) is 1. The van der Waals surface area contributed by atoms with E-state index in [1.165, 1.54) is 30.3 Å². The Balaban J connectivity index is 2.39. The Morgan fingerprint density at radius 1 is 1.05 bits per heavy atom. The molecule has 2 aromatic carbocycles. The number of nitrogens with two attached hydrogens (primary N) is 1. The normalized spacial score (nSPS) is 10.1. The number of benzene rings is 2. The van der Waals surface area contributed by atoms with E-state index in [1.54, 1.807) is 13.0 Å². The maximum absolute atomic E-state index is 10.9. The van der Waals surface area contributed by atoms with E-state index in [1.807, 2.05) is 0 Å². The molecule has 0 saturated heterocycles. The zero-order valence-electron chi connectivity index (χ0n) is 11.0. The standard InChI is InChI=1S/C13H11N3O5/c1-8-11(15(17)18)3-2-4-13(8)21-9-5-6-10(14)12(7-9)16(19)20/h2-7H,14H2,1H3. The Morgan fingerprint density at radius 2 is 1.71 bits per heavy atom. The van der Waals surface area contributed by atoms with Crippen molar-refractivity contribution < 1.29 is 14.6 Å². The van der Waals surface area contributed by atoms with Crippen LogP contribution in [0.2, 0.25) is 0 Å². The molecule has 0 spiro atoms. The van der Waals surface area contributed by atoms with Gasteiger partial charge in [-0.05, 0) is 25.1 Å². The highest BCUT2D eigenvalue weighted by atomic mass is 16.6. The van der Waals surface area contributed by atoms with Gasteiger partial charge in [-0.15, -0.1) is 0 Å². The molecule has 0 aliphatic heterocycles. The van der Waals surface area contributed by atoms with E-state index in [-0.39, 0.29) is 28.6 Å². The van der Waals surface area contributed by atoms with Crippen molar-refractivity contribution in [1.29, 1.82) is 0 Å². The third kappa shape index (κ3) is 2.89. The third-order valence-electron chi connectivity index (χ3n) is 2.88. The summed E-state index contributed by atoms with van der Waals surface area (Å²) >= 11 is 0. The van der Waals surface area contributed by atoms with Gasteiger partial charge in [0.2, 0.25) is 0 Å². The van der Waals surface area contributed by atoms with Crippen LogP contribution in [0.4, 0.5) is 17.1 Å². The fraction of sp³-hybridized carbons (Fsp3) is 0.0769. The lowest BCUT2D eigenvalue weighted by molar-refractivity contribution is -0.385. The first-order valence-electron chi connectivity index (χ1n) is 5.86. The number of nitrogens with zero attached hydrogens (tertiary/aromatic N) is 2. The minimum atomic E-state index is -0.623. The molecule has 8 nitrogen and oxygen atoms in total. The molecule has 8 heteroatoms. The van der Waals surface area contributed by atoms with Gasteiger partial charge in [-0.1, -0.05) is 6.07 Å². The van der Waals surface area contributed by atoms with Crippen LogP contribution in [-0.2, 0) is 0 Å². The maximum atomic E-state index is 10.9. The first-order chi connectivity index (χ1) is 9.90. The van der Waals surface area contributed by atoms with Gasteiger partial charge in [0.05, 0.1) is 21.5 Å². The fourth-order valence-electron chi connectivity index (χ4n) is 1.78. The van der Waals surface area contributed by atoms with Crippen LogP contribution in [0.25, 0.3) is 0 Å². The van der Waals surface area contributed by atoms with Crippen LogP contribution < -0.4 is 10.5 Å². The molecule has 0 unspecified atom stereocenters. The average Bonchev–Trinajstić information content (AvgIpc) is 2.42. The first kappa shape index (κ1) is 14.3. The van der Waals surface area contributed by atoms with Crippen LogP contribution in [0.1, 0.15) is 5.56 Å². The molecule has 0 aliphatic carbocycles. The van der Waals surface area contributed by atoms with Gasteiger partial charge in [0.1, 0.15) is 17.2 Å². The first-order valence-corrected chi connectivity index (χ1v) is 5.86. The lowest BCUT2D eigenvalue weighted by Gasteiger charge is -2.09. The van der Waals surface area contributed by atoms with Crippen molar-refractivity contribution >= 4 is 17.1 Å². The molecule has 0 heterocycles. The van der Waals surface area contributed by atoms with Gasteiger partial charge < -0.3 is 10.5 Å². The Labute approximate surface area is 119 Å². The summed E-state index contributed by atoms with van der Waals surface area (Å²) in [7, 11) is 0. The number of hydrogen-bond donors (Lipinski definition) is 1. The van der Waals surface area contributed by atoms with Gasteiger partial charge in [-0.25, -0.2) is 0 Å². The van der Waals surface area contributed by atoms with Crippen LogP contribution in [0.5, 0.6) is 11.5 Å². The van der Waals surface area contributed by atoms with Crippen molar-refractivity contribution in [3.63, 3.8) is 0 Å². The Hall–Kier alpha value is -3.16. The van der Waals surface area contributed by atoms with E-state index in [9.17, 15) is 20.2 Å². The lowest BCUT2D eigenvalue weighted by Crippen LogP contribution is -1.97.